The Morgan fingerprint density at radius 2 is 2.12 bits per heavy atom. The van der Waals surface area contributed by atoms with Crippen molar-refractivity contribution in [3.63, 3.8) is 0 Å². The zero-order valence-electron chi connectivity index (χ0n) is 8.73. The minimum Gasteiger partial charge on any atom is -0.377 e. The van der Waals surface area contributed by atoms with Crippen LogP contribution >= 0.6 is 15.9 Å². The maximum Gasteiger partial charge on any atom is 0.200 e. The summed E-state index contributed by atoms with van der Waals surface area (Å²) in [5.74, 6) is 0. The van der Waals surface area contributed by atoms with E-state index in [0.717, 1.165) is 15.6 Å². The molecule has 0 radical (unpaired) electrons. The largest absolute Gasteiger partial charge is 0.377 e. The van der Waals surface area contributed by atoms with E-state index in [0.29, 0.717) is 18.1 Å². The van der Waals surface area contributed by atoms with Crippen LogP contribution in [-0.4, -0.2) is 21.6 Å². The molecule has 0 saturated heterocycles. The van der Waals surface area contributed by atoms with Crippen molar-refractivity contribution in [3.8, 4) is 0 Å². The maximum atomic E-state index is 11.8. The maximum absolute atomic E-state index is 11.8. The second kappa shape index (κ2) is 4.31. The predicted octanol–water partition coefficient (Wildman–Crippen LogP) is 2.61. The van der Waals surface area contributed by atoms with E-state index in [2.05, 4.69) is 15.9 Å². The topological polar surface area (TPSA) is 43.4 Å². The Kier molecular flexibility index (Phi) is 3.19. The zero-order chi connectivity index (χ0) is 11.8. The number of rotatable bonds is 3. The number of hydrogen-bond acceptors (Lipinski definition) is 3. The summed E-state index contributed by atoms with van der Waals surface area (Å²) in [6.45, 7) is 2.79. The first-order valence-electron chi connectivity index (χ1n) is 4.88. The smallest absolute Gasteiger partial charge is 0.200 e. The molecule has 1 heterocycles. The highest BCUT2D eigenvalue weighted by molar-refractivity contribution is 9.10. The first-order valence-corrected chi connectivity index (χ1v) is 7.22. The Hall–Kier alpha value is -0.650. The summed E-state index contributed by atoms with van der Waals surface area (Å²) in [7, 11) is -3.28. The lowest BCUT2D eigenvalue weighted by Crippen LogP contribution is -1.96. The van der Waals surface area contributed by atoms with Crippen molar-refractivity contribution in [2.45, 2.75) is 11.8 Å². The number of benzene rings is 1. The normalized spacial score (nSPS) is 17.0. The molecular weight excluding hydrogens is 292 g/mol. The summed E-state index contributed by atoms with van der Waals surface area (Å²) in [5, 5.41) is 1.29. The second-order valence-corrected chi connectivity index (χ2v) is 6.15. The van der Waals surface area contributed by atoms with Crippen LogP contribution < -0.4 is 0 Å². The van der Waals surface area contributed by atoms with Crippen LogP contribution in [0.2, 0.25) is 0 Å². The molecule has 0 spiro atoms. The van der Waals surface area contributed by atoms with Gasteiger partial charge in [0.15, 0.2) is 0 Å². The van der Waals surface area contributed by atoms with Crippen LogP contribution in [0.1, 0.15) is 12.5 Å². The van der Waals surface area contributed by atoms with Gasteiger partial charge in [-0.25, -0.2) is 8.42 Å². The van der Waals surface area contributed by atoms with E-state index in [9.17, 15) is 8.42 Å². The lowest BCUT2D eigenvalue weighted by molar-refractivity contribution is 0.182. The standard InChI is InChI=1S/C11H11BrO3S/c1-2-15-6-8-7-16(13,14)11-5-9(12)3-4-10(8)11/h3-5,7H,2,6H2,1H3. The van der Waals surface area contributed by atoms with Crippen molar-refractivity contribution in [1.29, 1.82) is 0 Å². The van der Waals surface area contributed by atoms with Gasteiger partial charge in [-0.1, -0.05) is 22.0 Å². The highest BCUT2D eigenvalue weighted by atomic mass is 79.9. The number of ether oxygens (including phenoxy) is 1. The van der Waals surface area contributed by atoms with Gasteiger partial charge in [-0.3, -0.25) is 0 Å². The molecular formula is C11H11BrO3S. The molecule has 0 fully saturated rings. The first-order chi connectivity index (χ1) is 7.54. The van der Waals surface area contributed by atoms with Gasteiger partial charge in [-0.15, -0.1) is 0 Å². The summed E-state index contributed by atoms with van der Waals surface area (Å²) in [5.41, 5.74) is 1.47. The summed E-state index contributed by atoms with van der Waals surface area (Å²) in [6.07, 6.45) is 0. The van der Waals surface area contributed by atoms with Crippen LogP contribution in [0.15, 0.2) is 33.0 Å². The molecule has 86 valence electrons. The van der Waals surface area contributed by atoms with Gasteiger partial charge in [0.25, 0.3) is 0 Å². The second-order valence-electron chi connectivity index (χ2n) is 3.47. The molecule has 5 heteroatoms. The van der Waals surface area contributed by atoms with Crippen LogP contribution in [0.3, 0.4) is 0 Å². The van der Waals surface area contributed by atoms with Crippen LogP contribution in [-0.2, 0) is 14.6 Å². The third-order valence-corrected chi connectivity index (χ3v) is 4.39. The zero-order valence-corrected chi connectivity index (χ0v) is 11.1. The van der Waals surface area contributed by atoms with E-state index < -0.39 is 9.84 Å². The van der Waals surface area contributed by atoms with Crippen LogP contribution in [0.4, 0.5) is 0 Å². The number of sulfone groups is 1. The molecule has 0 amide bonds. The number of halogens is 1. The van der Waals surface area contributed by atoms with Crippen molar-refractivity contribution < 1.29 is 13.2 Å². The Morgan fingerprint density at radius 3 is 2.81 bits per heavy atom. The van der Waals surface area contributed by atoms with Gasteiger partial charge < -0.3 is 4.74 Å². The SMILES string of the molecule is CCOCC1=CS(=O)(=O)c2cc(Br)ccc21. The van der Waals surface area contributed by atoms with Crippen molar-refractivity contribution in [3.05, 3.63) is 33.6 Å². The van der Waals surface area contributed by atoms with Gasteiger partial charge >= 0.3 is 0 Å². The van der Waals surface area contributed by atoms with Gasteiger partial charge in [-0.05, 0) is 30.2 Å². The Balaban J connectivity index is 2.48. The van der Waals surface area contributed by atoms with Gasteiger partial charge in [0, 0.05) is 16.5 Å². The molecule has 0 saturated carbocycles. The Morgan fingerprint density at radius 1 is 1.38 bits per heavy atom. The monoisotopic (exact) mass is 302 g/mol. The fourth-order valence-corrected chi connectivity index (χ4v) is 3.64. The number of hydrogen-bond donors (Lipinski definition) is 0. The molecule has 0 bridgehead atoms. The molecule has 0 N–H and O–H groups in total. The summed E-state index contributed by atoms with van der Waals surface area (Å²) in [4.78, 5) is 0.358. The number of fused-ring (bicyclic) bond motifs is 1. The van der Waals surface area contributed by atoms with Crippen molar-refractivity contribution >= 4 is 31.3 Å². The third-order valence-electron chi connectivity index (χ3n) is 2.36. The minimum absolute atomic E-state index is 0.338. The van der Waals surface area contributed by atoms with E-state index in [-0.39, 0.29) is 0 Å². The van der Waals surface area contributed by atoms with Gasteiger partial charge in [0.1, 0.15) is 0 Å². The van der Waals surface area contributed by atoms with Crippen molar-refractivity contribution in [2.24, 2.45) is 0 Å². The van der Waals surface area contributed by atoms with E-state index in [1.54, 1.807) is 12.1 Å². The third kappa shape index (κ3) is 2.07. The average molecular weight is 303 g/mol. The van der Waals surface area contributed by atoms with Crippen LogP contribution in [0, 0.1) is 0 Å². The first kappa shape index (κ1) is 11.8. The molecule has 0 aromatic heterocycles. The Labute approximate surface area is 103 Å². The fourth-order valence-electron chi connectivity index (χ4n) is 1.63. The Bertz CT molecular complexity index is 546. The van der Waals surface area contributed by atoms with Crippen molar-refractivity contribution in [1.82, 2.24) is 0 Å². The van der Waals surface area contributed by atoms with Gasteiger partial charge in [0.2, 0.25) is 9.84 Å². The van der Waals surface area contributed by atoms with Crippen LogP contribution in [0.25, 0.3) is 5.57 Å². The molecule has 16 heavy (non-hydrogen) atoms. The minimum atomic E-state index is -3.28. The molecule has 1 aliphatic rings. The summed E-state index contributed by atoms with van der Waals surface area (Å²) >= 11 is 3.27. The highest BCUT2D eigenvalue weighted by Gasteiger charge is 2.26. The molecule has 0 aliphatic carbocycles. The van der Waals surface area contributed by atoms with Crippen LogP contribution in [0.5, 0.6) is 0 Å². The fraction of sp³-hybridized carbons (Fsp3) is 0.273. The van der Waals surface area contributed by atoms with E-state index in [4.69, 9.17) is 4.74 Å². The average Bonchev–Trinajstić information content (AvgIpc) is 2.48. The van der Waals surface area contributed by atoms with Gasteiger partial charge in [0.05, 0.1) is 11.5 Å². The van der Waals surface area contributed by atoms with E-state index in [1.807, 2.05) is 13.0 Å². The molecule has 0 unspecified atom stereocenters. The van der Waals surface area contributed by atoms with E-state index >= 15 is 0 Å². The molecule has 1 aromatic carbocycles. The lowest BCUT2D eigenvalue weighted by Gasteiger charge is -2.04. The molecule has 3 nitrogen and oxygen atoms in total. The van der Waals surface area contributed by atoms with E-state index in [1.165, 1.54) is 5.41 Å². The highest BCUT2D eigenvalue weighted by Crippen LogP contribution is 2.35. The molecule has 2 rings (SSSR count). The quantitative estimate of drug-likeness (QED) is 0.862. The lowest BCUT2D eigenvalue weighted by atomic mass is 10.1. The summed E-state index contributed by atoms with van der Waals surface area (Å²) in [6, 6.07) is 5.26. The molecule has 1 aromatic rings. The molecule has 0 atom stereocenters. The summed E-state index contributed by atoms with van der Waals surface area (Å²) < 4.78 is 29.7. The predicted molar refractivity (Wildman–Crippen MR) is 65.8 cm³/mol. The van der Waals surface area contributed by atoms with Gasteiger partial charge in [-0.2, -0.15) is 0 Å². The molecule has 1 aliphatic heterocycles. The van der Waals surface area contributed by atoms with Crippen molar-refractivity contribution in [2.75, 3.05) is 13.2 Å².